The van der Waals surface area contributed by atoms with E-state index in [1.165, 1.54) is 12.3 Å². The lowest BCUT2D eigenvalue weighted by atomic mass is 10.2. The van der Waals surface area contributed by atoms with Crippen LogP contribution in [0.3, 0.4) is 0 Å². The van der Waals surface area contributed by atoms with E-state index in [1.54, 1.807) is 0 Å². The molecule has 1 aliphatic rings. The Bertz CT molecular complexity index is 292. The molecule has 0 aromatic carbocycles. The molecule has 1 N–H and O–H groups in total. The van der Waals surface area contributed by atoms with E-state index < -0.39 is 12.1 Å². The first-order valence-electron chi connectivity index (χ1n) is 5.10. The molecular weight excluding hydrogens is 210 g/mol. The molecule has 1 saturated heterocycles. The lowest BCUT2D eigenvalue weighted by molar-refractivity contribution is -0.136. The van der Waals surface area contributed by atoms with Crippen molar-refractivity contribution in [3.05, 3.63) is 24.9 Å². The van der Waals surface area contributed by atoms with Gasteiger partial charge in [0.15, 0.2) is 0 Å². The third-order valence-electron chi connectivity index (χ3n) is 2.01. The molecule has 0 aliphatic carbocycles. The number of rotatable bonds is 5. The summed E-state index contributed by atoms with van der Waals surface area (Å²) in [4.78, 5) is 22.4. The lowest BCUT2D eigenvalue weighted by Crippen LogP contribution is -2.30. The van der Waals surface area contributed by atoms with Crippen LogP contribution < -0.4 is 5.32 Å². The minimum atomic E-state index is -0.521. The first-order chi connectivity index (χ1) is 7.74. The van der Waals surface area contributed by atoms with Gasteiger partial charge in [-0.3, -0.25) is 4.79 Å². The van der Waals surface area contributed by atoms with Gasteiger partial charge < -0.3 is 14.8 Å². The zero-order valence-electron chi connectivity index (χ0n) is 8.98. The summed E-state index contributed by atoms with van der Waals surface area (Å²) in [6, 6.07) is 0. The third-order valence-corrected chi connectivity index (χ3v) is 2.01. The summed E-state index contributed by atoms with van der Waals surface area (Å²) in [5, 5.41) is 2.46. The molecule has 0 spiro atoms. The maximum Gasteiger partial charge on any atom is 0.332 e. The highest BCUT2D eigenvalue weighted by Gasteiger charge is 2.22. The maximum atomic E-state index is 11.4. The first-order valence-corrected chi connectivity index (χ1v) is 5.10. The molecule has 5 nitrogen and oxygen atoms in total. The number of carbonyl (C=O) groups is 2. The molecule has 1 fully saturated rings. The Hall–Kier alpha value is -1.62. The molecule has 1 unspecified atom stereocenters. The van der Waals surface area contributed by atoms with Gasteiger partial charge in [-0.25, -0.2) is 4.79 Å². The van der Waals surface area contributed by atoms with E-state index in [0.29, 0.717) is 6.61 Å². The van der Waals surface area contributed by atoms with E-state index in [0.717, 1.165) is 18.9 Å². The summed E-state index contributed by atoms with van der Waals surface area (Å²) in [6.45, 7) is 4.18. The van der Waals surface area contributed by atoms with Crippen molar-refractivity contribution >= 4 is 11.9 Å². The SMILES string of the molecule is C=CCOC(=O)/C=C/NC(=O)C1CCCO1. The fraction of sp³-hybridized carbons (Fsp3) is 0.455. The Morgan fingerprint density at radius 1 is 1.56 bits per heavy atom. The molecule has 1 rings (SSSR count). The van der Waals surface area contributed by atoms with Crippen LogP contribution in [0.25, 0.3) is 0 Å². The van der Waals surface area contributed by atoms with Gasteiger partial charge in [0.25, 0.3) is 5.91 Å². The van der Waals surface area contributed by atoms with Crippen molar-refractivity contribution in [2.75, 3.05) is 13.2 Å². The number of nitrogens with one attached hydrogen (secondary N) is 1. The average molecular weight is 225 g/mol. The Balaban J connectivity index is 2.22. The first kappa shape index (κ1) is 12.4. The molecule has 5 heteroatoms. The Labute approximate surface area is 94.1 Å². The van der Waals surface area contributed by atoms with E-state index in [2.05, 4.69) is 16.6 Å². The second kappa shape index (κ2) is 6.79. The molecule has 1 amide bonds. The normalized spacial score (nSPS) is 19.6. The summed E-state index contributed by atoms with van der Waals surface area (Å²) >= 11 is 0. The maximum absolute atomic E-state index is 11.4. The smallest absolute Gasteiger partial charge is 0.332 e. The van der Waals surface area contributed by atoms with Crippen LogP contribution in [0.15, 0.2) is 24.9 Å². The fourth-order valence-corrected chi connectivity index (χ4v) is 1.26. The average Bonchev–Trinajstić information content (AvgIpc) is 2.79. The van der Waals surface area contributed by atoms with Crippen LogP contribution >= 0.6 is 0 Å². The van der Waals surface area contributed by atoms with Crippen LogP contribution in [0.1, 0.15) is 12.8 Å². The van der Waals surface area contributed by atoms with Gasteiger partial charge in [0, 0.05) is 18.9 Å². The molecule has 0 aromatic heterocycles. The molecule has 1 atom stereocenters. The van der Waals surface area contributed by atoms with Gasteiger partial charge in [-0.05, 0) is 12.8 Å². The van der Waals surface area contributed by atoms with Gasteiger partial charge in [-0.2, -0.15) is 0 Å². The predicted octanol–water partition coefficient (Wildman–Crippen LogP) is 0.524. The Kier molecular flexibility index (Phi) is 5.28. The lowest BCUT2D eigenvalue weighted by Gasteiger charge is -2.06. The van der Waals surface area contributed by atoms with E-state index >= 15 is 0 Å². The van der Waals surface area contributed by atoms with Crippen molar-refractivity contribution in [1.29, 1.82) is 0 Å². The highest BCUT2D eigenvalue weighted by Crippen LogP contribution is 2.11. The van der Waals surface area contributed by atoms with Crippen molar-refractivity contribution in [2.24, 2.45) is 0 Å². The third kappa shape index (κ3) is 4.27. The van der Waals surface area contributed by atoms with Crippen LogP contribution in [0.4, 0.5) is 0 Å². The summed E-state index contributed by atoms with van der Waals surface area (Å²) in [7, 11) is 0. The number of hydrogen-bond acceptors (Lipinski definition) is 4. The monoisotopic (exact) mass is 225 g/mol. The van der Waals surface area contributed by atoms with Crippen LogP contribution in [0.5, 0.6) is 0 Å². The van der Waals surface area contributed by atoms with Crippen molar-refractivity contribution < 1.29 is 19.1 Å². The molecule has 16 heavy (non-hydrogen) atoms. The summed E-state index contributed by atoms with van der Waals surface area (Å²) in [6.07, 6.45) is 5.10. The van der Waals surface area contributed by atoms with Gasteiger partial charge in [-0.15, -0.1) is 0 Å². The van der Waals surface area contributed by atoms with Crippen LogP contribution in [-0.4, -0.2) is 31.2 Å². The van der Waals surface area contributed by atoms with Crippen molar-refractivity contribution in [3.63, 3.8) is 0 Å². The number of carbonyl (C=O) groups excluding carboxylic acids is 2. The summed E-state index contributed by atoms with van der Waals surface area (Å²) < 4.78 is 9.83. The highest BCUT2D eigenvalue weighted by molar-refractivity contribution is 5.85. The van der Waals surface area contributed by atoms with Crippen molar-refractivity contribution in [3.8, 4) is 0 Å². The van der Waals surface area contributed by atoms with Crippen molar-refractivity contribution in [1.82, 2.24) is 5.32 Å². The van der Waals surface area contributed by atoms with Crippen LogP contribution in [0, 0.1) is 0 Å². The molecule has 0 radical (unpaired) electrons. The molecule has 88 valence electrons. The van der Waals surface area contributed by atoms with Gasteiger partial charge >= 0.3 is 5.97 Å². The van der Waals surface area contributed by atoms with Gasteiger partial charge in [0.1, 0.15) is 12.7 Å². The quantitative estimate of drug-likeness (QED) is 0.421. The fourth-order valence-electron chi connectivity index (χ4n) is 1.26. The Morgan fingerprint density at radius 3 is 3.00 bits per heavy atom. The van der Waals surface area contributed by atoms with E-state index in [-0.39, 0.29) is 12.5 Å². The van der Waals surface area contributed by atoms with Gasteiger partial charge in [-0.1, -0.05) is 12.7 Å². The topological polar surface area (TPSA) is 64.6 Å². The highest BCUT2D eigenvalue weighted by atomic mass is 16.5. The zero-order chi connectivity index (χ0) is 11.8. The number of hydrogen-bond donors (Lipinski definition) is 1. The zero-order valence-corrected chi connectivity index (χ0v) is 8.98. The summed E-state index contributed by atoms with van der Waals surface area (Å²) in [5.74, 6) is -0.752. The van der Waals surface area contributed by atoms with Gasteiger partial charge in [0.2, 0.25) is 0 Å². The van der Waals surface area contributed by atoms with E-state index in [9.17, 15) is 9.59 Å². The van der Waals surface area contributed by atoms with Gasteiger partial charge in [0.05, 0.1) is 0 Å². The molecular formula is C11H15NO4. The standard InChI is InChI=1S/C11H15NO4/c1-2-7-16-10(13)5-6-12-11(14)9-4-3-8-15-9/h2,5-6,9H,1,3-4,7-8H2,(H,12,14)/b6-5+. The molecule has 1 heterocycles. The number of esters is 1. The summed E-state index contributed by atoms with van der Waals surface area (Å²) in [5.41, 5.74) is 0. The minimum Gasteiger partial charge on any atom is -0.458 e. The molecule has 1 aliphatic heterocycles. The minimum absolute atomic E-state index is 0.156. The number of amides is 1. The number of ether oxygens (including phenoxy) is 2. The Morgan fingerprint density at radius 2 is 2.38 bits per heavy atom. The van der Waals surface area contributed by atoms with Crippen LogP contribution in [-0.2, 0) is 19.1 Å². The second-order valence-corrected chi connectivity index (χ2v) is 3.26. The predicted molar refractivity (Wildman–Crippen MR) is 57.4 cm³/mol. The molecule has 0 saturated carbocycles. The molecule has 0 aromatic rings. The van der Waals surface area contributed by atoms with Crippen molar-refractivity contribution in [2.45, 2.75) is 18.9 Å². The van der Waals surface area contributed by atoms with Crippen LogP contribution in [0.2, 0.25) is 0 Å². The largest absolute Gasteiger partial charge is 0.458 e. The second-order valence-electron chi connectivity index (χ2n) is 3.26. The van der Waals surface area contributed by atoms with E-state index in [1.807, 2.05) is 0 Å². The molecule has 0 bridgehead atoms. The van der Waals surface area contributed by atoms with E-state index in [4.69, 9.17) is 4.74 Å².